The van der Waals surface area contributed by atoms with Crippen molar-refractivity contribution in [3.63, 3.8) is 0 Å². The molecule has 1 aliphatic rings. The van der Waals surface area contributed by atoms with E-state index >= 15 is 0 Å². The maximum Gasteiger partial charge on any atom is 0.225 e. The molecule has 24 heavy (non-hydrogen) atoms. The molecule has 1 aliphatic carbocycles. The van der Waals surface area contributed by atoms with Crippen molar-refractivity contribution in [2.45, 2.75) is 38.0 Å². The van der Waals surface area contributed by atoms with E-state index in [0.29, 0.717) is 13.0 Å². The molecule has 5 nitrogen and oxygen atoms in total. The van der Waals surface area contributed by atoms with E-state index in [4.69, 9.17) is 10.5 Å². The second-order valence-electron chi connectivity index (χ2n) is 6.64. The molecule has 1 heterocycles. The number of ether oxygens (including phenoxy) is 1. The third-order valence-corrected chi connectivity index (χ3v) is 4.92. The van der Waals surface area contributed by atoms with E-state index in [1.807, 2.05) is 37.4 Å². The summed E-state index contributed by atoms with van der Waals surface area (Å²) in [5, 5.41) is 1.11. The smallest absolute Gasteiger partial charge is 0.225 e. The lowest BCUT2D eigenvalue weighted by Gasteiger charge is -2.34. The quantitative estimate of drug-likeness (QED) is 0.936. The van der Waals surface area contributed by atoms with Crippen molar-refractivity contribution in [3.8, 4) is 0 Å². The highest BCUT2D eigenvalue weighted by Gasteiger charge is 2.33. The van der Waals surface area contributed by atoms with Crippen molar-refractivity contribution in [1.29, 1.82) is 0 Å². The highest BCUT2D eigenvalue weighted by Crippen LogP contribution is 2.27. The Balaban J connectivity index is 1.65. The normalized spacial score (nSPS) is 24.0. The van der Waals surface area contributed by atoms with Crippen LogP contribution in [0.3, 0.4) is 0 Å². The monoisotopic (exact) mass is 327 g/mol. The van der Waals surface area contributed by atoms with Gasteiger partial charge in [0.2, 0.25) is 5.91 Å². The average Bonchev–Trinajstić information content (AvgIpc) is 2.60. The molecule has 0 unspecified atom stereocenters. The van der Waals surface area contributed by atoms with Crippen LogP contribution in [0.2, 0.25) is 0 Å². The van der Waals surface area contributed by atoms with Gasteiger partial charge >= 0.3 is 0 Å². The van der Waals surface area contributed by atoms with Gasteiger partial charge in [-0.1, -0.05) is 24.3 Å². The first-order valence-corrected chi connectivity index (χ1v) is 8.46. The van der Waals surface area contributed by atoms with Gasteiger partial charge in [0.05, 0.1) is 23.9 Å². The van der Waals surface area contributed by atoms with E-state index in [0.717, 1.165) is 29.4 Å². The van der Waals surface area contributed by atoms with Crippen molar-refractivity contribution in [1.82, 2.24) is 9.88 Å². The van der Waals surface area contributed by atoms with Crippen LogP contribution in [0.5, 0.6) is 0 Å². The maximum absolute atomic E-state index is 12.7. The number of carbonyl (C=O) groups excluding carboxylic acids is 1. The maximum atomic E-state index is 12.7. The second kappa shape index (κ2) is 7.28. The molecular weight excluding hydrogens is 302 g/mol. The van der Waals surface area contributed by atoms with E-state index < -0.39 is 0 Å². The molecule has 1 amide bonds. The summed E-state index contributed by atoms with van der Waals surface area (Å²) in [6.45, 7) is 0.517. The number of amides is 1. The Morgan fingerprint density at radius 1 is 1.29 bits per heavy atom. The Labute approximate surface area is 142 Å². The van der Waals surface area contributed by atoms with Crippen LogP contribution in [0.25, 0.3) is 10.9 Å². The van der Waals surface area contributed by atoms with Gasteiger partial charge < -0.3 is 15.4 Å². The molecule has 0 radical (unpaired) electrons. The van der Waals surface area contributed by atoms with Crippen molar-refractivity contribution in [3.05, 3.63) is 42.1 Å². The van der Waals surface area contributed by atoms with Crippen LogP contribution in [-0.2, 0) is 16.1 Å². The zero-order valence-electron chi connectivity index (χ0n) is 14.3. The summed E-state index contributed by atoms with van der Waals surface area (Å²) in [5.41, 5.74) is 7.98. The molecule has 1 aromatic heterocycles. The Hall–Kier alpha value is -1.98. The van der Waals surface area contributed by atoms with Crippen LogP contribution < -0.4 is 5.73 Å². The molecular formula is C19H25N3O2. The third kappa shape index (κ3) is 3.57. The minimum absolute atomic E-state index is 0.0168. The van der Waals surface area contributed by atoms with Crippen LogP contribution in [0, 0.1) is 5.92 Å². The molecule has 2 aromatic rings. The van der Waals surface area contributed by atoms with E-state index in [2.05, 4.69) is 11.1 Å². The molecule has 0 aliphatic heterocycles. The molecule has 0 spiro atoms. The van der Waals surface area contributed by atoms with E-state index in [1.165, 1.54) is 0 Å². The first-order valence-electron chi connectivity index (χ1n) is 8.46. The fourth-order valence-electron chi connectivity index (χ4n) is 3.52. The lowest BCUT2D eigenvalue weighted by atomic mass is 9.83. The average molecular weight is 327 g/mol. The fourth-order valence-corrected chi connectivity index (χ4v) is 3.52. The summed E-state index contributed by atoms with van der Waals surface area (Å²) in [5.74, 6) is 0.131. The number of nitrogens with two attached hydrogens (primary N) is 1. The van der Waals surface area contributed by atoms with Crippen molar-refractivity contribution >= 4 is 16.8 Å². The lowest BCUT2D eigenvalue weighted by molar-refractivity contribution is -0.137. The minimum Gasteiger partial charge on any atom is -0.380 e. The van der Waals surface area contributed by atoms with Gasteiger partial charge in [-0.15, -0.1) is 0 Å². The predicted molar refractivity (Wildman–Crippen MR) is 94.3 cm³/mol. The lowest BCUT2D eigenvalue weighted by Crippen LogP contribution is -2.45. The first-order chi connectivity index (χ1) is 11.6. The van der Waals surface area contributed by atoms with Gasteiger partial charge in [0.1, 0.15) is 0 Å². The van der Waals surface area contributed by atoms with Gasteiger partial charge in [0.25, 0.3) is 0 Å². The number of hydrogen-bond donors (Lipinski definition) is 1. The van der Waals surface area contributed by atoms with E-state index in [9.17, 15) is 4.79 Å². The third-order valence-electron chi connectivity index (χ3n) is 4.92. The van der Waals surface area contributed by atoms with Gasteiger partial charge in [-0.05, 0) is 31.4 Å². The topological polar surface area (TPSA) is 68.5 Å². The number of hydrogen-bond acceptors (Lipinski definition) is 4. The first kappa shape index (κ1) is 16.9. The van der Waals surface area contributed by atoms with Crippen LogP contribution in [0.15, 0.2) is 36.4 Å². The van der Waals surface area contributed by atoms with Gasteiger partial charge in [-0.25, -0.2) is 0 Å². The Bertz CT molecular complexity index is 719. The molecule has 1 fully saturated rings. The Morgan fingerprint density at radius 2 is 2.08 bits per heavy atom. The zero-order chi connectivity index (χ0) is 17.1. The standard InChI is InChI=1S/C19H25N3O2/c1-22(19(23)14-8-10-18(24-2)16(20)11-14)12-15-9-7-13-5-3-4-6-17(13)21-15/h3-7,9,14,16,18H,8,10-12,20H2,1-2H3/t14-,16+,18+/m0/s1. The summed E-state index contributed by atoms with van der Waals surface area (Å²) in [6.07, 6.45) is 2.44. The van der Waals surface area contributed by atoms with E-state index in [-0.39, 0.29) is 24.0 Å². The van der Waals surface area contributed by atoms with Gasteiger partial charge in [0.15, 0.2) is 0 Å². The molecule has 2 N–H and O–H groups in total. The zero-order valence-corrected chi connectivity index (χ0v) is 14.3. The number of rotatable bonds is 4. The molecule has 1 saturated carbocycles. The molecule has 0 bridgehead atoms. The summed E-state index contributed by atoms with van der Waals surface area (Å²) >= 11 is 0. The minimum atomic E-state index is -0.0649. The molecule has 0 saturated heterocycles. The predicted octanol–water partition coefficient (Wildman–Crippen LogP) is 2.34. The highest BCUT2D eigenvalue weighted by atomic mass is 16.5. The number of fused-ring (bicyclic) bond motifs is 1. The molecule has 3 atom stereocenters. The van der Waals surface area contributed by atoms with Crippen molar-refractivity contribution in [2.24, 2.45) is 11.7 Å². The Morgan fingerprint density at radius 3 is 2.83 bits per heavy atom. The SMILES string of the molecule is CO[C@@H]1CC[C@H](C(=O)N(C)Cc2ccc3ccccc3n2)C[C@H]1N. The number of methoxy groups -OCH3 is 1. The molecule has 5 heteroatoms. The highest BCUT2D eigenvalue weighted by molar-refractivity contribution is 5.80. The van der Waals surface area contributed by atoms with Gasteiger partial charge in [-0.2, -0.15) is 0 Å². The molecule has 1 aromatic carbocycles. The summed E-state index contributed by atoms with van der Waals surface area (Å²) in [7, 11) is 3.53. The van der Waals surface area contributed by atoms with Crippen LogP contribution >= 0.6 is 0 Å². The summed E-state index contributed by atoms with van der Waals surface area (Å²) < 4.78 is 5.37. The number of para-hydroxylation sites is 1. The van der Waals surface area contributed by atoms with E-state index in [1.54, 1.807) is 12.0 Å². The fraction of sp³-hybridized carbons (Fsp3) is 0.474. The Kier molecular flexibility index (Phi) is 5.11. The summed E-state index contributed by atoms with van der Waals surface area (Å²) in [4.78, 5) is 19.1. The van der Waals surface area contributed by atoms with Crippen LogP contribution in [0.4, 0.5) is 0 Å². The molecule has 3 rings (SSSR count). The largest absolute Gasteiger partial charge is 0.380 e. The van der Waals surface area contributed by atoms with Gasteiger partial charge in [-0.3, -0.25) is 9.78 Å². The van der Waals surface area contributed by atoms with Crippen molar-refractivity contribution in [2.75, 3.05) is 14.2 Å². The number of nitrogens with zero attached hydrogens (tertiary/aromatic N) is 2. The summed E-state index contributed by atoms with van der Waals surface area (Å²) in [6, 6.07) is 12.0. The number of pyridine rings is 1. The van der Waals surface area contributed by atoms with Crippen LogP contribution in [0.1, 0.15) is 25.0 Å². The second-order valence-corrected chi connectivity index (χ2v) is 6.64. The number of benzene rings is 1. The molecule has 128 valence electrons. The van der Waals surface area contributed by atoms with Crippen LogP contribution in [-0.4, -0.2) is 42.1 Å². The number of carbonyl (C=O) groups is 1. The number of aromatic nitrogens is 1. The van der Waals surface area contributed by atoms with Crippen molar-refractivity contribution < 1.29 is 9.53 Å². The van der Waals surface area contributed by atoms with Gasteiger partial charge in [0, 0.05) is 31.5 Å².